The maximum atomic E-state index is 9.13. The summed E-state index contributed by atoms with van der Waals surface area (Å²) in [6.07, 6.45) is 3.31. The lowest BCUT2D eigenvalue weighted by Gasteiger charge is -2.28. The number of unbranched alkanes of at least 4 members (excludes halogenated alkanes) is 1. The molecule has 3 N–H and O–H groups in total. The van der Waals surface area contributed by atoms with Gasteiger partial charge in [-0.3, -0.25) is 0 Å². The number of aliphatic hydroxyl groups excluding tert-OH is 1. The number of nitrogens with two attached hydrogens (primary N) is 1. The van der Waals surface area contributed by atoms with E-state index in [9.17, 15) is 0 Å². The summed E-state index contributed by atoms with van der Waals surface area (Å²) in [5, 5.41) is 9.13. The predicted octanol–water partition coefficient (Wildman–Crippen LogP) is 1.77. The van der Waals surface area contributed by atoms with Crippen molar-refractivity contribution in [2.75, 3.05) is 13.2 Å². The quantitative estimate of drug-likeness (QED) is 0.622. The zero-order valence-electron chi connectivity index (χ0n) is 8.64. The molecule has 0 fully saturated rings. The molecule has 1 atom stereocenters. The van der Waals surface area contributed by atoms with Gasteiger partial charge in [-0.25, -0.2) is 0 Å². The molecule has 1 unspecified atom stereocenters. The smallest absolute Gasteiger partial charge is 0.0464 e. The Morgan fingerprint density at radius 1 is 1.25 bits per heavy atom. The van der Waals surface area contributed by atoms with Gasteiger partial charge in [-0.1, -0.05) is 27.2 Å². The third kappa shape index (κ3) is 4.73. The van der Waals surface area contributed by atoms with Gasteiger partial charge in [0.05, 0.1) is 0 Å². The fraction of sp³-hybridized carbons (Fsp3) is 1.00. The summed E-state index contributed by atoms with van der Waals surface area (Å²) >= 11 is 0. The average Bonchev–Trinajstić information content (AvgIpc) is 1.95. The Kier molecular flexibility index (Phi) is 5.51. The molecule has 0 amide bonds. The highest BCUT2D eigenvalue weighted by Gasteiger charge is 2.22. The standard InChI is InChI=1S/C10H23NO/c1-10(2,3)9(8-12)6-4-5-7-11/h9,12H,4-8,11H2,1-3H3. The van der Waals surface area contributed by atoms with E-state index in [1.165, 1.54) is 0 Å². The maximum absolute atomic E-state index is 9.13. The Hall–Kier alpha value is -0.0800. The van der Waals surface area contributed by atoms with E-state index in [0.29, 0.717) is 12.5 Å². The van der Waals surface area contributed by atoms with Gasteiger partial charge >= 0.3 is 0 Å². The van der Waals surface area contributed by atoms with Crippen molar-refractivity contribution < 1.29 is 5.11 Å². The van der Waals surface area contributed by atoms with E-state index in [1.54, 1.807) is 0 Å². The summed E-state index contributed by atoms with van der Waals surface area (Å²) < 4.78 is 0. The highest BCUT2D eigenvalue weighted by molar-refractivity contribution is 4.73. The van der Waals surface area contributed by atoms with E-state index in [-0.39, 0.29) is 5.41 Å². The van der Waals surface area contributed by atoms with Gasteiger partial charge in [-0.2, -0.15) is 0 Å². The second kappa shape index (κ2) is 5.55. The van der Waals surface area contributed by atoms with E-state index >= 15 is 0 Å². The van der Waals surface area contributed by atoms with Crippen molar-refractivity contribution in [3.05, 3.63) is 0 Å². The minimum Gasteiger partial charge on any atom is -0.396 e. The van der Waals surface area contributed by atoms with Crippen LogP contribution in [-0.2, 0) is 0 Å². The minimum absolute atomic E-state index is 0.226. The largest absolute Gasteiger partial charge is 0.396 e. The van der Waals surface area contributed by atoms with Gasteiger partial charge in [0.15, 0.2) is 0 Å². The Balaban J connectivity index is 3.68. The van der Waals surface area contributed by atoms with Crippen LogP contribution >= 0.6 is 0 Å². The van der Waals surface area contributed by atoms with Crippen molar-refractivity contribution in [1.29, 1.82) is 0 Å². The topological polar surface area (TPSA) is 46.2 Å². The Morgan fingerprint density at radius 2 is 1.83 bits per heavy atom. The lowest BCUT2D eigenvalue weighted by atomic mass is 9.78. The van der Waals surface area contributed by atoms with Crippen LogP contribution in [0, 0.1) is 11.3 Å². The minimum atomic E-state index is 0.226. The molecule has 0 aliphatic heterocycles. The first kappa shape index (κ1) is 11.9. The monoisotopic (exact) mass is 173 g/mol. The van der Waals surface area contributed by atoms with Crippen LogP contribution in [0.15, 0.2) is 0 Å². The molecular weight excluding hydrogens is 150 g/mol. The van der Waals surface area contributed by atoms with Crippen LogP contribution in [-0.4, -0.2) is 18.3 Å². The van der Waals surface area contributed by atoms with Crippen LogP contribution in [0.5, 0.6) is 0 Å². The SMILES string of the molecule is CC(C)(C)C(CO)CCCCN. The van der Waals surface area contributed by atoms with Gasteiger partial charge < -0.3 is 10.8 Å². The molecule has 12 heavy (non-hydrogen) atoms. The van der Waals surface area contributed by atoms with Crippen molar-refractivity contribution in [1.82, 2.24) is 0 Å². The third-order valence-corrected chi connectivity index (χ3v) is 2.45. The molecule has 0 aromatic carbocycles. The van der Waals surface area contributed by atoms with E-state index in [1.807, 2.05) is 0 Å². The molecule has 0 saturated carbocycles. The molecule has 0 radical (unpaired) electrons. The molecule has 0 rings (SSSR count). The summed E-state index contributed by atoms with van der Waals surface area (Å²) in [6.45, 7) is 7.60. The van der Waals surface area contributed by atoms with Crippen LogP contribution < -0.4 is 5.73 Å². The third-order valence-electron chi connectivity index (χ3n) is 2.45. The van der Waals surface area contributed by atoms with Crippen LogP contribution in [0.1, 0.15) is 40.0 Å². The summed E-state index contributed by atoms with van der Waals surface area (Å²) in [5.74, 6) is 0.420. The zero-order chi connectivity index (χ0) is 9.61. The molecule has 0 aromatic heterocycles. The molecule has 0 aliphatic carbocycles. The van der Waals surface area contributed by atoms with Crippen LogP contribution in [0.4, 0.5) is 0 Å². The summed E-state index contributed by atoms with van der Waals surface area (Å²) in [6, 6.07) is 0. The van der Waals surface area contributed by atoms with Gasteiger partial charge in [0.25, 0.3) is 0 Å². The van der Waals surface area contributed by atoms with Gasteiger partial charge in [0, 0.05) is 6.61 Å². The first-order chi connectivity index (χ1) is 5.52. The normalized spacial score (nSPS) is 14.8. The molecule has 0 aliphatic rings. The Bertz CT molecular complexity index is 107. The van der Waals surface area contributed by atoms with Crippen LogP contribution in [0.25, 0.3) is 0 Å². The van der Waals surface area contributed by atoms with Crippen molar-refractivity contribution >= 4 is 0 Å². The van der Waals surface area contributed by atoms with Crippen LogP contribution in [0.2, 0.25) is 0 Å². The number of aliphatic hydroxyl groups is 1. The fourth-order valence-electron chi connectivity index (χ4n) is 1.33. The summed E-state index contributed by atoms with van der Waals surface area (Å²) in [5.41, 5.74) is 5.63. The van der Waals surface area contributed by atoms with E-state index in [0.717, 1.165) is 25.8 Å². The first-order valence-corrected chi connectivity index (χ1v) is 4.83. The molecule has 0 spiro atoms. The fourth-order valence-corrected chi connectivity index (χ4v) is 1.33. The molecular formula is C10H23NO. The Morgan fingerprint density at radius 3 is 2.17 bits per heavy atom. The molecule has 0 heterocycles. The average molecular weight is 173 g/mol. The van der Waals surface area contributed by atoms with E-state index in [4.69, 9.17) is 10.8 Å². The second-order valence-electron chi connectivity index (χ2n) is 4.53. The van der Waals surface area contributed by atoms with Gasteiger partial charge in [-0.15, -0.1) is 0 Å². The van der Waals surface area contributed by atoms with Gasteiger partial charge in [0.1, 0.15) is 0 Å². The lowest BCUT2D eigenvalue weighted by molar-refractivity contribution is 0.121. The Labute approximate surface area is 76.2 Å². The first-order valence-electron chi connectivity index (χ1n) is 4.83. The summed E-state index contributed by atoms with van der Waals surface area (Å²) in [4.78, 5) is 0. The van der Waals surface area contributed by atoms with Crippen molar-refractivity contribution in [2.45, 2.75) is 40.0 Å². The molecule has 0 aromatic rings. The number of rotatable bonds is 5. The van der Waals surface area contributed by atoms with E-state index in [2.05, 4.69) is 20.8 Å². The molecule has 2 heteroatoms. The highest BCUT2D eigenvalue weighted by Crippen LogP contribution is 2.29. The molecule has 2 nitrogen and oxygen atoms in total. The molecule has 0 saturated heterocycles. The highest BCUT2D eigenvalue weighted by atomic mass is 16.3. The van der Waals surface area contributed by atoms with Gasteiger partial charge in [0.2, 0.25) is 0 Å². The van der Waals surface area contributed by atoms with Crippen LogP contribution in [0.3, 0.4) is 0 Å². The van der Waals surface area contributed by atoms with E-state index < -0.39 is 0 Å². The number of hydrogen-bond donors (Lipinski definition) is 2. The lowest BCUT2D eigenvalue weighted by Crippen LogP contribution is -2.24. The van der Waals surface area contributed by atoms with Gasteiger partial charge in [-0.05, 0) is 30.7 Å². The number of hydrogen-bond acceptors (Lipinski definition) is 2. The predicted molar refractivity (Wildman–Crippen MR) is 52.9 cm³/mol. The van der Waals surface area contributed by atoms with Crippen molar-refractivity contribution in [3.63, 3.8) is 0 Å². The zero-order valence-corrected chi connectivity index (χ0v) is 8.64. The molecule has 74 valence electrons. The molecule has 0 bridgehead atoms. The van der Waals surface area contributed by atoms with Crippen molar-refractivity contribution in [3.8, 4) is 0 Å². The van der Waals surface area contributed by atoms with Crippen molar-refractivity contribution in [2.24, 2.45) is 17.1 Å². The second-order valence-corrected chi connectivity index (χ2v) is 4.53. The maximum Gasteiger partial charge on any atom is 0.0464 e. The summed E-state index contributed by atoms with van der Waals surface area (Å²) in [7, 11) is 0.